The summed E-state index contributed by atoms with van der Waals surface area (Å²) in [5.41, 5.74) is 7.17. The number of rotatable bonds is 1. The topological polar surface area (TPSA) is 56.2 Å². The molecule has 20 heavy (non-hydrogen) atoms. The number of nitrogens with zero attached hydrogens (tertiary/aromatic N) is 3. The van der Waals surface area contributed by atoms with Crippen molar-refractivity contribution >= 4 is 11.6 Å². The molecule has 0 unspecified atom stereocenters. The molecule has 2 N–H and O–H groups in total. The number of alkyl halides is 3. The van der Waals surface area contributed by atoms with Crippen LogP contribution in [0.15, 0.2) is 18.3 Å². The van der Waals surface area contributed by atoms with Gasteiger partial charge in [0.2, 0.25) is 5.95 Å². The Labute approximate surface area is 113 Å². The highest BCUT2D eigenvalue weighted by molar-refractivity contribution is 5.51. The molecule has 0 aromatic carbocycles. The predicted octanol–water partition coefficient (Wildman–Crippen LogP) is 3.15. The second-order valence-corrected chi connectivity index (χ2v) is 5.29. The molecule has 3 rings (SSSR count). The maximum absolute atomic E-state index is 12.7. The molecule has 2 aromatic heterocycles. The van der Waals surface area contributed by atoms with E-state index in [1.54, 1.807) is 10.7 Å². The molecule has 0 atom stereocenters. The lowest BCUT2D eigenvalue weighted by Gasteiger charge is -2.30. The molecule has 2 aromatic rings. The molecule has 2 heterocycles. The van der Waals surface area contributed by atoms with Gasteiger partial charge in [-0.25, -0.2) is 4.52 Å². The van der Waals surface area contributed by atoms with Crippen molar-refractivity contribution in [2.75, 3.05) is 5.73 Å². The molecule has 7 heteroatoms. The van der Waals surface area contributed by atoms with Gasteiger partial charge in [0.05, 0.1) is 5.92 Å². The quantitative estimate of drug-likeness (QED) is 0.875. The van der Waals surface area contributed by atoms with Gasteiger partial charge in [0.25, 0.3) is 0 Å². The van der Waals surface area contributed by atoms with E-state index in [-0.39, 0.29) is 24.7 Å². The molecule has 0 radical (unpaired) electrons. The van der Waals surface area contributed by atoms with E-state index in [1.165, 1.54) is 0 Å². The highest BCUT2D eigenvalue weighted by Gasteiger charge is 2.41. The summed E-state index contributed by atoms with van der Waals surface area (Å²) in [7, 11) is 0. The summed E-state index contributed by atoms with van der Waals surface area (Å²) in [5, 5.41) is 4.03. The Morgan fingerprint density at radius 1 is 1.20 bits per heavy atom. The molecule has 1 aliphatic rings. The maximum atomic E-state index is 12.7. The van der Waals surface area contributed by atoms with Crippen LogP contribution < -0.4 is 5.73 Å². The van der Waals surface area contributed by atoms with Crippen molar-refractivity contribution in [3.8, 4) is 0 Å². The second kappa shape index (κ2) is 4.64. The summed E-state index contributed by atoms with van der Waals surface area (Å²) in [6.45, 7) is 0. The highest BCUT2D eigenvalue weighted by Crippen LogP contribution is 2.43. The Morgan fingerprint density at radius 3 is 2.55 bits per heavy atom. The number of nitrogens with two attached hydrogens (primary N) is 1. The third kappa shape index (κ3) is 2.32. The number of hydrogen-bond donors (Lipinski definition) is 1. The number of fused-ring (bicyclic) bond motifs is 1. The molecular formula is C13H15F3N4. The molecule has 1 fully saturated rings. The van der Waals surface area contributed by atoms with Crippen LogP contribution in [0.4, 0.5) is 19.1 Å². The van der Waals surface area contributed by atoms with Gasteiger partial charge in [0.15, 0.2) is 5.65 Å². The van der Waals surface area contributed by atoms with Crippen LogP contribution in [0, 0.1) is 5.92 Å². The first kappa shape index (κ1) is 13.2. The number of pyridine rings is 1. The zero-order valence-corrected chi connectivity index (χ0v) is 10.8. The molecular weight excluding hydrogens is 269 g/mol. The van der Waals surface area contributed by atoms with Crippen LogP contribution in [0.5, 0.6) is 0 Å². The van der Waals surface area contributed by atoms with E-state index < -0.39 is 12.1 Å². The summed E-state index contributed by atoms with van der Waals surface area (Å²) >= 11 is 0. The second-order valence-electron chi connectivity index (χ2n) is 5.29. The van der Waals surface area contributed by atoms with Crippen molar-refractivity contribution in [1.82, 2.24) is 14.6 Å². The molecule has 4 nitrogen and oxygen atoms in total. The summed E-state index contributed by atoms with van der Waals surface area (Å²) in [4.78, 5) is 4.16. The first-order valence-corrected chi connectivity index (χ1v) is 6.62. The average Bonchev–Trinajstić information content (AvgIpc) is 2.78. The fraction of sp³-hybridized carbons (Fsp3) is 0.538. The molecule has 0 bridgehead atoms. The predicted molar refractivity (Wildman–Crippen MR) is 68.2 cm³/mol. The van der Waals surface area contributed by atoms with E-state index in [0.717, 1.165) is 5.56 Å². The molecule has 1 saturated carbocycles. The zero-order valence-electron chi connectivity index (χ0n) is 10.8. The van der Waals surface area contributed by atoms with Crippen LogP contribution in [0.1, 0.15) is 37.2 Å². The van der Waals surface area contributed by atoms with Crippen LogP contribution in [0.2, 0.25) is 0 Å². The number of aromatic nitrogens is 3. The van der Waals surface area contributed by atoms with Gasteiger partial charge in [-0.2, -0.15) is 18.2 Å². The van der Waals surface area contributed by atoms with Gasteiger partial charge >= 0.3 is 6.18 Å². The zero-order chi connectivity index (χ0) is 14.3. The van der Waals surface area contributed by atoms with Crippen molar-refractivity contribution in [2.24, 2.45) is 5.92 Å². The van der Waals surface area contributed by atoms with Gasteiger partial charge in [0.1, 0.15) is 0 Å². The minimum atomic E-state index is -4.07. The Hall–Kier alpha value is -1.79. The summed E-state index contributed by atoms with van der Waals surface area (Å²) in [6, 6.07) is 3.73. The fourth-order valence-electron chi connectivity index (χ4n) is 2.99. The number of hydrogen-bond acceptors (Lipinski definition) is 3. The van der Waals surface area contributed by atoms with Gasteiger partial charge in [-0.05, 0) is 37.7 Å². The molecule has 0 spiro atoms. The minimum Gasteiger partial charge on any atom is -0.366 e. The molecule has 0 aliphatic heterocycles. The van der Waals surface area contributed by atoms with Gasteiger partial charge in [-0.3, -0.25) is 0 Å². The van der Waals surface area contributed by atoms with Crippen molar-refractivity contribution in [2.45, 2.75) is 37.8 Å². The molecule has 1 aliphatic carbocycles. The van der Waals surface area contributed by atoms with E-state index in [2.05, 4.69) is 10.1 Å². The fourth-order valence-corrected chi connectivity index (χ4v) is 2.99. The van der Waals surface area contributed by atoms with Gasteiger partial charge in [-0.15, -0.1) is 5.10 Å². The molecule has 0 saturated heterocycles. The first-order chi connectivity index (χ1) is 9.45. The maximum Gasteiger partial charge on any atom is 0.391 e. The highest BCUT2D eigenvalue weighted by atomic mass is 19.4. The van der Waals surface area contributed by atoms with E-state index in [9.17, 15) is 13.2 Å². The minimum absolute atomic E-state index is 0.0981. The molecule has 108 valence electrons. The lowest BCUT2D eigenvalue weighted by Crippen LogP contribution is -2.27. The van der Waals surface area contributed by atoms with Crippen LogP contribution in [-0.4, -0.2) is 20.8 Å². The summed E-state index contributed by atoms with van der Waals surface area (Å²) in [5.74, 6) is -0.885. The van der Waals surface area contributed by atoms with Crippen LogP contribution in [-0.2, 0) is 0 Å². The number of anilines is 1. The average molecular weight is 284 g/mol. The normalized spacial score (nSPS) is 24.1. The van der Waals surface area contributed by atoms with Crippen molar-refractivity contribution < 1.29 is 13.2 Å². The van der Waals surface area contributed by atoms with E-state index in [4.69, 9.17) is 5.73 Å². The number of halogens is 3. The van der Waals surface area contributed by atoms with E-state index in [1.807, 2.05) is 12.1 Å². The standard InChI is InChI=1S/C13H15F3N4/c14-13(15,16)9-5-3-8(4-6-9)10-2-1-7-20-11(10)18-12(17)19-20/h1-2,7-9H,3-6H2,(H2,17,19). The van der Waals surface area contributed by atoms with Gasteiger partial charge in [-0.1, -0.05) is 6.07 Å². The third-order valence-corrected chi connectivity index (χ3v) is 4.04. The van der Waals surface area contributed by atoms with E-state index in [0.29, 0.717) is 18.5 Å². The van der Waals surface area contributed by atoms with Crippen LogP contribution in [0.3, 0.4) is 0 Å². The van der Waals surface area contributed by atoms with Gasteiger partial charge in [0, 0.05) is 11.8 Å². The third-order valence-electron chi connectivity index (χ3n) is 4.04. The van der Waals surface area contributed by atoms with Crippen LogP contribution in [0.25, 0.3) is 5.65 Å². The Balaban J connectivity index is 1.83. The van der Waals surface area contributed by atoms with E-state index >= 15 is 0 Å². The first-order valence-electron chi connectivity index (χ1n) is 6.62. The lowest BCUT2D eigenvalue weighted by atomic mass is 9.78. The number of nitrogen functional groups attached to an aromatic ring is 1. The Kier molecular flexibility index (Phi) is 3.07. The summed E-state index contributed by atoms with van der Waals surface area (Å²) in [6.07, 6.45) is -0.926. The monoisotopic (exact) mass is 284 g/mol. The van der Waals surface area contributed by atoms with Gasteiger partial charge < -0.3 is 5.73 Å². The smallest absolute Gasteiger partial charge is 0.366 e. The van der Waals surface area contributed by atoms with Crippen molar-refractivity contribution in [1.29, 1.82) is 0 Å². The largest absolute Gasteiger partial charge is 0.391 e. The lowest BCUT2D eigenvalue weighted by molar-refractivity contribution is -0.182. The Morgan fingerprint density at radius 2 is 1.90 bits per heavy atom. The van der Waals surface area contributed by atoms with Crippen molar-refractivity contribution in [3.63, 3.8) is 0 Å². The summed E-state index contributed by atoms with van der Waals surface area (Å²) < 4.78 is 39.6. The van der Waals surface area contributed by atoms with Crippen molar-refractivity contribution in [3.05, 3.63) is 23.9 Å². The molecule has 0 amide bonds. The SMILES string of the molecule is Nc1nc2c(C3CCC(C(F)(F)F)CC3)cccn2n1. The Bertz CT molecular complexity index is 612. The van der Waals surface area contributed by atoms with Crippen LogP contribution >= 0.6 is 0 Å².